The Kier molecular flexibility index (Phi) is 4.15. The van der Waals surface area contributed by atoms with Crippen LogP contribution in [0, 0.1) is 19.7 Å². The normalized spacial score (nSPS) is 14.0. The molecule has 0 atom stereocenters. The second-order valence-corrected chi connectivity index (χ2v) is 7.10. The molecule has 0 bridgehead atoms. The van der Waals surface area contributed by atoms with E-state index in [1.165, 1.54) is 12.3 Å². The van der Waals surface area contributed by atoms with Gasteiger partial charge in [0.15, 0.2) is 5.65 Å². The molecule has 0 spiro atoms. The quantitative estimate of drug-likeness (QED) is 0.697. The number of fused-ring (bicyclic) bond motifs is 1. The molecule has 26 heavy (non-hydrogen) atoms. The van der Waals surface area contributed by atoms with Crippen LogP contribution in [-0.4, -0.2) is 31.4 Å². The average molecular weight is 373 g/mol. The number of aromatic nitrogens is 3. The molecule has 0 radical (unpaired) electrons. The van der Waals surface area contributed by atoms with Crippen LogP contribution in [0.3, 0.4) is 0 Å². The van der Waals surface area contributed by atoms with Crippen molar-refractivity contribution >= 4 is 23.2 Å². The Morgan fingerprint density at radius 3 is 2.85 bits per heavy atom. The molecular formula is C19H18ClFN4O. The van der Waals surface area contributed by atoms with E-state index < -0.39 is 5.82 Å². The Labute approximate surface area is 155 Å². The van der Waals surface area contributed by atoms with Gasteiger partial charge in [-0.15, -0.1) is 0 Å². The van der Waals surface area contributed by atoms with Gasteiger partial charge in [0.1, 0.15) is 11.4 Å². The predicted molar refractivity (Wildman–Crippen MR) is 96.8 cm³/mol. The van der Waals surface area contributed by atoms with Crippen LogP contribution in [0.5, 0.6) is 0 Å². The number of benzene rings is 1. The van der Waals surface area contributed by atoms with Crippen LogP contribution in [0.25, 0.3) is 5.65 Å². The fourth-order valence-electron chi connectivity index (χ4n) is 3.18. The summed E-state index contributed by atoms with van der Waals surface area (Å²) in [6.07, 6.45) is 3.35. The van der Waals surface area contributed by atoms with Crippen molar-refractivity contribution in [2.75, 3.05) is 0 Å². The zero-order valence-electron chi connectivity index (χ0n) is 14.5. The van der Waals surface area contributed by atoms with E-state index in [-0.39, 0.29) is 18.5 Å². The summed E-state index contributed by atoms with van der Waals surface area (Å²) >= 11 is 6.16. The summed E-state index contributed by atoms with van der Waals surface area (Å²) < 4.78 is 15.9. The highest BCUT2D eigenvalue weighted by Crippen LogP contribution is 2.32. The second-order valence-electron chi connectivity index (χ2n) is 6.70. The highest BCUT2D eigenvalue weighted by atomic mass is 35.5. The van der Waals surface area contributed by atoms with Gasteiger partial charge in [-0.3, -0.25) is 4.79 Å². The van der Waals surface area contributed by atoms with Crippen molar-refractivity contribution in [2.45, 2.75) is 39.3 Å². The Morgan fingerprint density at radius 1 is 1.38 bits per heavy atom. The number of hydrogen-bond donors (Lipinski definition) is 0. The summed E-state index contributed by atoms with van der Waals surface area (Å²) in [5.41, 5.74) is 3.02. The number of carbonyl (C=O) groups is 1. The van der Waals surface area contributed by atoms with Crippen molar-refractivity contribution in [3.63, 3.8) is 0 Å². The summed E-state index contributed by atoms with van der Waals surface area (Å²) in [6.45, 7) is 3.93. The minimum Gasteiger partial charge on any atom is -0.331 e. The molecule has 0 N–H and O–H groups in total. The van der Waals surface area contributed by atoms with E-state index in [9.17, 15) is 9.18 Å². The Morgan fingerprint density at radius 2 is 2.15 bits per heavy atom. The lowest BCUT2D eigenvalue weighted by molar-refractivity contribution is 0.0730. The summed E-state index contributed by atoms with van der Waals surface area (Å²) in [7, 11) is 0. The highest BCUT2D eigenvalue weighted by molar-refractivity contribution is 6.31. The lowest BCUT2D eigenvalue weighted by atomic mass is 10.1. The molecule has 0 saturated heterocycles. The molecule has 1 saturated carbocycles. The second kappa shape index (κ2) is 6.36. The highest BCUT2D eigenvalue weighted by Gasteiger charge is 2.35. The molecule has 3 aromatic rings. The molecule has 2 aromatic heterocycles. The van der Waals surface area contributed by atoms with Gasteiger partial charge in [0, 0.05) is 28.0 Å². The molecule has 2 heterocycles. The van der Waals surface area contributed by atoms with Gasteiger partial charge in [-0.05, 0) is 44.9 Å². The third-order valence-corrected chi connectivity index (χ3v) is 5.00. The molecular weight excluding hydrogens is 355 g/mol. The van der Waals surface area contributed by atoms with E-state index in [1.54, 1.807) is 21.5 Å². The van der Waals surface area contributed by atoms with Crippen molar-refractivity contribution in [1.29, 1.82) is 0 Å². The van der Waals surface area contributed by atoms with Crippen LogP contribution >= 0.6 is 11.6 Å². The molecule has 4 rings (SSSR count). The van der Waals surface area contributed by atoms with Gasteiger partial charge in [-0.2, -0.15) is 5.10 Å². The average Bonchev–Trinajstić information content (AvgIpc) is 3.33. The van der Waals surface area contributed by atoms with Gasteiger partial charge in [0.05, 0.1) is 12.7 Å². The molecule has 1 aliphatic carbocycles. The SMILES string of the molecule is Cc1cc(C)n2ncc(C(=O)N(Cc3c(F)cccc3Cl)C3CC3)c2n1. The monoisotopic (exact) mass is 372 g/mol. The van der Waals surface area contributed by atoms with Gasteiger partial charge in [0.25, 0.3) is 5.91 Å². The van der Waals surface area contributed by atoms with E-state index in [0.29, 0.717) is 21.8 Å². The van der Waals surface area contributed by atoms with E-state index >= 15 is 0 Å². The Hall–Kier alpha value is -2.47. The van der Waals surface area contributed by atoms with E-state index in [1.807, 2.05) is 19.9 Å². The Bertz CT molecular complexity index is 992. The number of carbonyl (C=O) groups excluding carboxylic acids is 1. The van der Waals surface area contributed by atoms with Gasteiger partial charge in [0.2, 0.25) is 0 Å². The van der Waals surface area contributed by atoms with Crippen LogP contribution in [0.1, 0.15) is 40.2 Å². The first-order valence-electron chi connectivity index (χ1n) is 8.51. The van der Waals surface area contributed by atoms with Crippen LogP contribution in [-0.2, 0) is 6.54 Å². The first kappa shape index (κ1) is 17.0. The van der Waals surface area contributed by atoms with Crippen molar-refractivity contribution < 1.29 is 9.18 Å². The van der Waals surface area contributed by atoms with E-state index in [4.69, 9.17) is 11.6 Å². The molecule has 7 heteroatoms. The van der Waals surface area contributed by atoms with Crippen LogP contribution in [0.15, 0.2) is 30.5 Å². The zero-order chi connectivity index (χ0) is 18.4. The zero-order valence-corrected chi connectivity index (χ0v) is 15.3. The number of amides is 1. The van der Waals surface area contributed by atoms with Crippen molar-refractivity contribution in [2.24, 2.45) is 0 Å². The van der Waals surface area contributed by atoms with Crippen LogP contribution in [0.2, 0.25) is 5.02 Å². The van der Waals surface area contributed by atoms with Crippen molar-refractivity contribution in [1.82, 2.24) is 19.5 Å². The summed E-state index contributed by atoms with van der Waals surface area (Å²) in [5.74, 6) is -0.597. The lowest BCUT2D eigenvalue weighted by Crippen LogP contribution is -2.33. The van der Waals surface area contributed by atoms with Gasteiger partial charge in [-0.25, -0.2) is 13.9 Å². The van der Waals surface area contributed by atoms with Gasteiger partial charge < -0.3 is 4.90 Å². The molecule has 0 aliphatic heterocycles. The maximum atomic E-state index is 14.2. The Balaban J connectivity index is 1.73. The maximum absolute atomic E-state index is 14.2. The topological polar surface area (TPSA) is 50.5 Å². The number of halogens is 2. The molecule has 1 fully saturated rings. The lowest BCUT2D eigenvalue weighted by Gasteiger charge is -2.23. The predicted octanol–water partition coefficient (Wildman–Crippen LogP) is 3.94. The minimum absolute atomic E-state index is 0.0963. The maximum Gasteiger partial charge on any atom is 0.259 e. The minimum atomic E-state index is -0.402. The van der Waals surface area contributed by atoms with Gasteiger partial charge in [-0.1, -0.05) is 17.7 Å². The number of nitrogens with zero attached hydrogens (tertiary/aromatic N) is 4. The molecule has 1 amide bonds. The third kappa shape index (κ3) is 2.94. The smallest absolute Gasteiger partial charge is 0.259 e. The molecule has 134 valence electrons. The number of aryl methyl sites for hydroxylation is 2. The molecule has 5 nitrogen and oxygen atoms in total. The fraction of sp³-hybridized carbons (Fsp3) is 0.316. The number of rotatable bonds is 4. The summed E-state index contributed by atoms with van der Waals surface area (Å²) in [4.78, 5) is 19.4. The molecule has 0 unspecified atom stereocenters. The van der Waals surface area contributed by atoms with Gasteiger partial charge >= 0.3 is 0 Å². The first-order valence-corrected chi connectivity index (χ1v) is 8.89. The summed E-state index contributed by atoms with van der Waals surface area (Å²) in [6, 6.07) is 6.57. The van der Waals surface area contributed by atoms with Crippen LogP contribution in [0.4, 0.5) is 4.39 Å². The largest absolute Gasteiger partial charge is 0.331 e. The standard InChI is InChI=1S/C19H18ClFN4O/c1-11-8-12(2)25-18(23-11)14(9-22-25)19(26)24(13-6-7-13)10-15-16(20)4-3-5-17(15)21/h3-5,8-9,13H,6-7,10H2,1-2H3. The van der Waals surface area contributed by atoms with Crippen LogP contribution < -0.4 is 0 Å². The molecule has 1 aromatic carbocycles. The van der Waals surface area contributed by atoms with E-state index in [0.717, 1.165) is 24.2 Å². The molecule has 1 aliphatic rings. The fourth-order valence-corrected chi connectivity index (χ4v) is 3.41. The van der Waals surface area contributed by atoms with Crippen molar-refractivity contribution in [3.8, 4) is 0 Å². The summed E-state index contributed by atoms with van der Waals surface area (Å²) in [5, 5.41) is 4.62. The van der Waals surface area contributed by atoms with E-state index in [2.05, 4.69) is 10.1 Å². The third-order valence-electron chi connectivity index (χ3n) is 4.65. The number of hydrogen-bond acceptors (Lipinski definition) is 3. The van der Waals surface area contributed by atoms with Crippen molar-refractivity contribution in [3.05, 3.63) is 63.8 Å². The first-order chi connectivity index (χ1) is 12.5.